The average Bonchev–Trinajstić information content (AvgIpc) is 3.58. The largest absolute Gasteiger partial charge is 0.494 e. The van der Waals surface area contributed by atoms with E-state index in [2.05, 4.69) is 31.0 Å². The van der Waals surface area contributed by atoms with Crippen LogP contribution in [0.1, 0.15) is 22.8 Å². The zero-order valence-corrected chi connectivity index (χ0v) is 19.8. The molecule has 11 heteroatoms. The molecule has 3 aromatic heterocycles. The predicted octanol–water partition coefficient (Wildman–Crippen LogP) is 2.88. The minimum atomic E-state index is -0.556. The fraction of sp³-hybridized carbons (Fsp3) is 0.320. The SMILES string of the molecule is COc1ccc(C(=O)N2CCN(CC(CC#N)n3cc(-c4ncnc5[nH]ccc45)cn3)CC2)cc1F. The van der Waals surface area contributed by atoms with E-state index in [1.54, 1.807) is 17.2 Å². The number of nitriles is 1. The van der Waals surface area contributed by atoms with Crippen molar-refractivity contribution in [2.45, 2.75) is 12.5 Å². The van der Waals surface area contributed by atoms with Gasteiger partial charge in [-0.15, -0.1) is 0 Å². The van der Waals surface area contributed by atoms with Crippen LogP contribution in [-0.2, 0) is 0 Å². The summed E-state index contributed by atoms with van der Waals surface area (Å²) in [6.07, 6.45) is 7.30. The number of carbonyl (C=O) groups is 1. The maximum atomic E-state index is 14.0. The van der Waals surface area contributed by atoms with E-state index in [0.717, 1.165) is 22.3 Å². The number of methoxy groups -OCH3 is 1. The van der Waals surface area contributed by atoms with E-state index in [-0.39, 0.29) is 17.7 Å². The lowest BCUT2D eigenvalue weighted by molar-refractivity contribution is 0.0617. The summed E-state index contributed by atoms with van der Waals surface area (Å²) in [4.78, 5) is 28.5. The topological polar surface area (TPSA) is 116 Å². The van der Waals surface area contributed by atoms with Crippen LogP contribution in [0.15, 0.2) is 49.2 Å². The lowest BCUT2D eigenvalue weighted by Gasteiger charge is -2.36. The number of amides is 1. The van der Waals surface area contributed by atoms with Crippen molar-refractivity contribution < 1.29 is 13.9 Å². The van der Waals surface area contributed by atoms with Crippen molar-refractivity contribution in [1.29, 1.82) is 5.26 Å². The molecule has 1 amide bonds. The van der Waals surface area contributed by atoms with Crippen LogP contribution in [0, 0.1) is 17.1 Å². The smallest absolute Gasteiger partial charge is 0.254 e. The Bertz CT molecular complexity index is 1420. The standard InChI is InChI=1S/C25H25FN8O2/c1-36-22-3-2-17(12-21(22)26)25(35)33-10-8-32(9-11-33)15-19(4-6-27)34-14-18(13-31-34)23-20-5-7-28-24(20)30-16-29-23/h2-3,5,7,12-14,16,19H,4,8-11,15H2,1H3,(H,28,29,30). The first-order chi connectivity index (χ1) is 17.6. The van der Waals surface area contributed by atoms with Gasteiger partial charge in [-0.1, -0.05) is 0 Å². The van der Waals surface area contributed by atoms with Gasteiger partial charge >= 0.3 is 0 Å². The van der Waals surface area contributed by atoms with Gasteiger partial charge < -0.3 is 14.6 Å². The second-order valence-electron chi connectivity index (χ2n) is 8.63. The molecule has 1 aromatic carbocycles. The summed E-state index contributed by atoms with van der Waals surface area (Å²) in [5.74, 6) is -0.652. The molecule has 184 valence electrons. The molecule has 0 spiro atoms. The van der Waals surface area contributed by atoms with Crippen LogP contribution in [0.2, 0.25) is 0 Å². The van der Waals surface area contributed by atoms with Crippen molar-refractivity contribution in [3.8, 4) is 23.1 Å². The average molecular weight is 489 g/mol. The number of hydrogen-bond acceptors (Lipinski definition) is 7. The van der Waals surface area contributed by atoms with Gasteiger partial charge in [-0.3, -0.25) is 14.4 Å². The zero-order valence-electron chi connectivity index (χ0n) is 19.8. The van der Waals surface area contributed by atoms with Gasteiger partial charge in [-0.05, 0) is 24.3 Å². The molecule has 0 bridgehead atoms. The van der Waals surface area contributed by atoms with Crippen LogP contribution in [0.4, 0.5) is 4.39 Å². The van der Waals surface area contributed by atoms with E-state index in [1.165, 1.54) is 25.6 Å². The Kier molecular flexibility index (Phi) is 6.60. The minimum absolute atomic E-state index is 0.110. The summed E-state index contributed by atoms with van der Waals surface area (Å²) < 4.78 is 20.8. The number of nitrogens with zero attached hydrogens (tertiary/aromatic N) is 7. The number of hydrogen-bond donors (Lipinski definition) is 1. The summed E-state index contributed by atoms with van der Waals surface area (Å²) in [7, 11) is 1.39. The molecule has 1 fully saturated rings. The number of fused-ring (bicyclic) bond motifs is 1. The third-order valence-corrected chi connectivity index (χ3v) is 6.46. The van der Waals surface area contributed by atoms with E-state index < -0.39 is 5.82 Å². The Hall–Kier alpha value is -4.30. The number of H-pyrrole nitrogens is 1. The van der Waals surface area contributed by atoms with Crippen LogP contribution in [0.3, 0.4) is 0 Å². The lowest BCUT2D eigenvalue weighted by Crippen LogP contribution is -2.50. The number of carbonyl (C=O) groups excluding carboxylic acids is 1. The maximum Gasteiger partial charge on any atom is 0.254 e. The van der Waals surface area contributed by atoms with Crippen molar-refractivity contribution in [3.05, 3.63) is 60.6 Å². The molecule has 0 aliphatic carbocycles. The molecule has 1 aliphatic heterocycles. The molecule has 5 rings (SSSR count). The van der Waals surface area contributed by atoms with Crippen LogP contribution in [0.25, 0.3) is 22.3 Å². The highest BCUT2D eigenvalue weighted by Gasteiger charge is 2.25. The van der Waals surface area contributed by atoms with E-state index in [4.69, 9.17) is 4.74 Å². The van der Waals surface area contributed by atoms with Gasteiger partial charge in [0.1, 0.15) is 12.0 Å². The second kappa shape index (κ2) is 10.1. The number of nitrogens with one attached hydrogen (secondary N) is 1. The highest BCUT2D eigenvalue weighted by atomic mass is 19.1. The van der Waals surface area contributed by atoms with Crippen LogP contribution in [-0.4, -0.2) is 80.3 Å². The van der Waals surface area contributed by atoms with Crippen molar-refractivity contribution in [1.82, 2.24) is 34.5 Å². The molecule has 0 radical (unpaired) electrons. The number of aromatic amines is 1. The van der Waals surface area contributed by atoms with Gasteiger partial charge in [0.25, 0.3) is 5.91 Å². The Morgan fingerprint density at radius 1 is 1.25 bits per heavy atom. The normalized spacial score (nSPS) is 15.1. The maximum absolute atomic E-state index is 14.0. The lowest BCUT2D eigenvalue weighted by atomic mass is 10.1. The number of benzene rings is 1. The van der Waals surface area contributed by atoms with Gasteiger partial charge in [0.05, 0.1) is 37.5 Å². The van der Waals surface area contributed by atoms with E-state index in [0.29, 0.717) is 44.7 Å². The molecule has 1 aliphatic rings. The summed E-state index contributed by atoms with van der Waals surface area (Å²) in [5.41, 5.74) is 2.69. The fourth-order valence-electron chi connectivity index (χ4n) is 4.52. The van der Waals surface area contributed by atoms with Crippen molar-refractivity contribution in [2.75, 3.05) is 39.8 Å². The fourth-order valence-corrected chi connectivity index (χ4v) is 4.52. The summed E-state index contributed by atoms with van der Waals surface area (Å²) in [6.45, 7) is 2.95. The van der Waals surface area contributed by atoms with Crippen molar-refractivity contribution in [2.24, 2.45) is 0 Å². The third-order valence-electron chi connectivity index (χ3n) is 6.46. The molecular formula is C25H25FN8O2. The molecule has 4 aromatic rings. The molecule has 1 N–H and O–H groups in total. The number of ether oxygens (including phenoxy) is 1. The number of rotatable bonds is 7. The molecule has 4 heterocycles. The first-order valence-corrected chi connectivity index (χ1v) is 11.6. The van der Waals surface area contributed by atoms with Gasteiger partial charge in [-0.25, -0.2) is 14.4 Å². The molecule has 1 saturated heterocycles. The monoisotopic (exact) mass is 488 g/mol. The zero-order chi connectivity index (χ0) is 25.1. The van der Waals surface area contributed by atoms with E-state index in [9.17, 15) is 14.4 Å². The first kappa shape index (κ1) is 23.4. The Morgan fingerprint density at radius 2 is 2.08 bits per heavy atom. The minimum Gasteiger partial charge on any atom is -0.494 e. The van der Waals surface area contributed by atoms with Gasteiger partial charge in [0.2, 0.25) is 0 Å². The molecule has 10 nitrogen and oxygen atoms in total. The van der Waals surface area contributed by atoms with E-state index >= 15 is 0 Å². The molecular weight excluding hydrogens is 463 g/mol. The Balaban J connectivity index is 1.24. The highest BCUT2D eigenvalue weighted by molar-refractivity contribution is 5.94. The van der Waals surface area contributed by atoms with Crippen molar-refractivity contribution >= 4 is 16.9 Å². The summed E-state index contributed by atoms with van der Waals surface area (Å²) in [6, 6.07) is 8.30. The van der Waals surface area contributed by atoms with Crippen LogP contribution in [0.5, 0.6) is 5.75 Å². The van der Waals surface area contributed by atoms with Gasteiger partial charge in [0.15, 0.2) is 11.6 Å². The highest BCUT2D eigenvalue weighted by Crippen LogP contribution is 2.26. The second-order valence-corrected chi connectivity index (χ2v) is 8.63. The molecule has 1 unspecified atom stereocenters. The summed E-state index contributed by atoms with van der Waals surface area (Å²) in [5, 5.41) is 14.9. The number of halogens is 1. The quantitative estimate of drug-likeness (QED) is 0.425. The van der Waals surface area contributed by atoms with Crippen LogP contribution >= 0.6 is 0 Å². The molecule has 0 saturated carbocycles. The summed E-state index contributed by atoms with van der Waals surface area (Å²) >= 11 is 0. The van der Waals surface area contributed by atoms with Crippen LogP contribution < -0.4 is 4.74 Å². The Labute approximate surface area is 206 Å². The Morgan fingerprint density at radius 3 is 2.83 bits per heavy atom. The number of aromatic nitrogens is 5. The first-order valence-electron chi connectivity index (χ1n) is 11.6. The van der Waals surface area contributed by atoms with Gasteiger partial charge in [0, 0.05) is 61.6 Å². The third kappa shape index (κ3) is 4.63. The molecule has 36 heavy (non-hydrogen) atoms. The van der Waals surface area contributed by atoms with E-state index in [1.807, 2.05) is 23.1 Å². The number of piperazine rings is 1. The predicted molar refractivity (Wildman–Crippen MR) is 130 cm³/mol. The van der Waals surface area contributed by atoms with Gasteiger partial charge in [-0.2, -0.15) is 10.4 Å². The molecule has 1 atom stereocenters. The van der Waals surface area contributed by atoms with Crippen molar-refractivity contribution in [3.63, 3.8) is 0 Å².